The van der Waals surface area contributed by atoms with Crippen LogP contribution in [0, 0.1) is 5.92 Å². The standard InChI is InChI=1S/C64H92O19/c1-8-36-76-79-48-23-20-43-71-58-31-26-53(61(72-44-18-15-40-68-12-5)64(58)75-47-22-25-50-81-78-38-10-3)28-34-59(65)82-55-30-33-56(52(7)51-55)83-60(66)35-29-54-27-32-57(70-42-17-14-39-67-11-4)63(74-46-19-16-41-69-13-6)62(54)73-45-21-24-49-80-77-37-9-2/h8-13,26-29,31-32,34-35,52,55-56H,1-6,14-25,30,33,36-51H2,7H3/b34-28+,35-29+/t52?,55-,56-/m1/s1. The summed E-state index contributed by atoms with van der Waals surface area (Å²) in [5.41, 5.74) is 1.19. The summed E-state index contributed by atoms with van der Waals surface area (Å²) in [6.45, 7) is 29.4. The average molecular weight is 1170 g/mol. The molecule has 2 aromatic rings. The first-order valence-corrected chi connectivity index (χ1v) is 28.9. The van der Waals surface area contributed by atoms with Crippen LogP contribution < -0.4 is 28.4 Å². The molecular formula is C64H92O19. The van der Waals surface area contributed by atoms with Crippen molar-refractivity contribution in [3.63, 3.8) is 0 Å². The lowest BCUT2D eigenvalue weighted by Crippen LogP contribution is -2.35. The number of hydrogen-bond donors (Lipinski definition) is 0. The normalized spacial score (nSPS) is 14.7. The van der Waals surface area contributed by atoms with Gasteiger partial charge in [0.2, 0.25) is 11.5 Å². The summed E-state index contributed by atoms with van der Waals surface area (Å²) < 4.78 is 66.0. The third-order valence-electron chi connectivity index (χ3n) is 12.1. The van der Waals surface area contributed by atoms with E-state index in [2.05, 4.69) is 39.5 Å². The van der Waals surface area contributed by atoms with Gasteiger partial charge >= 0.3 is 11.9 Å². The van der Waals surface area contributed by atoms with E-state index in [9.17, 15) is 9.59 Å². The number of carbonyl (C=O) groups excluding carboxylic acids is 2. The SMILES string of the molecule is C=CCOOCCCCOc1ccc(/C=C/C(=O)O[C@@H]2CC[C@@H](OC(=O)/C=C/c3ccc(OCCCCOC=C)c(OCCCCOC=C)c3OCCCCOOCC=C)C(C)C2)c(OCCCCOC=C)c1OCCCCOOCC=C. The highest BCUT2D eigenvalue weighted by Crippen LogP contribution is 2.43. The summed E-state index contributed by atoms with van der Waals surface area (Å²) in [6, 6.07) is 7.24. The van der Waals surface area contributed by atoms with E-state index in [1.807, 2.05) is 19.1 Å². The summed E-state index contributed by atoms with van der Waals surface area (Å²) in [4.78, 5) is 57.8. The zero-order valence-electron chi connectivity index (χ0n) is 49.0. The number of unbranched alkanes of at least 4 members (excludes halogenated alkanes) is 6. The van der Waals surface area contributed by atoms with Crippen LogP contribution in [0.25, 0.3) is 12.2 Å². The van der Waals surface area contributed by atoms with Crippen molar-refractivity contribution in [2.45, 2.75) is 115 Å². The van der Waals surface area contributed by atoms with Gasteiger partial charge in [-0.3, -0.25) is 0 Å². The topological polar surface area (TPSA) is 191 Å². The minimum Gasteiger partial charge on any atom is -0.502 e. The molecule has 2 aromatic carbocycles. The number of ether oxygens (including phenoxy) is 11. The molecule has 462 valence electrons. The van der Waals surface area contributed by atoms with Crippen molar-refractivity contribution >= 4 is 24.1 Å². The van der Waals surface area contributed by atoms with Gasteiger partial charge in [0, 0.05) is 23.3 Å². The molecule has 0 radical (unpaired) electrons. The summed E-state index contributed by atoms with van der Waals surface area (Å²) >= 11 is 0. The lowest BCUT2D eigenvalue weighted by molar-refractivity contribution is -0.286. The molecule has 0 N–H and O–H groups in total. The Hall–Kier alpha value is -6.74. The third kappa shape index (κ3) is 32.1. The van der Waals surface area contributed by atoms with E-state index in [0.717, 1.165) is 25.7 Å². The largest absolute Gasteiger partial charge is 0.502 e. The van der Waals surface area contributed by atoms with Gasteiger partial charge in [0.1, 0.15) is 32.0 Å². The minimum atomic E-state index is -0.530. The quantitative estimate of drug-likeness (QED) is 0.0115. The molecule has 1 aliphatic carbocycles. The van der Waals surface area contributed by atoms with Crippen LogP contribution in [0.2, 0.25) is 0 Å². The molecule has 1 saturated carbocycles. The average Bonchev–Trinajstić information content (AvgIpc) is 3.48. The molecule has 0 saturated heterocycles. The predicted octanol–water partition coefficient (Wildman–Crippen LogP) is 12.9. The molecule has 1 aliphatic rings. The zero-order chi connectivity index (χ0) is 59.6. The third-order valence-corrected chi connectivity index (χ3v) is 12.1. The first-order chi connectivity index (χ1) is 40.8. The Kier molecular flexibility index (Phi) is 40.5. The smallest absolute Gasteiger partial charge is 0.331 e. The molecule has 19 nitrogen and oxygen atoms in total. The van der Waals surface area contributed by atoms with Gasteiger partial charge in [-0.1, -0.05) is 44.9 Å². The van der Waals surface area contributed by atoms with E-state index in [1.54, 1.807) is 42.5 Å². The molecule has 0 heterocycles. The number of rotatable bonds is 54. The molecule has 0 spiro atoms. The van der Waals surface area contributed by atoms with Gasteiger partial charge in [-0.2, -0.15) is 0 Å². The van der Waals surface area contributed by atoms with Gasteiger partial charge in [0.25, 0.3) is 0 Å². The molecule has 19 heteroatoms. The molecule has 3 rings (SSSR count). The maximum Gasteiger partial charge on any atom is 0.331 e. The highest BCUT2D eigenvalue weighted by Gasteiger charge is 2.32. The Morgan fingerprint density at radius 1 is 0.422 bits per heavy atom. The molecule has 0 amide bonds. The van der Waals surface area contributed by atoms with Crippen LogP contribution in [0.1, 0.15) is 114 Å². The van der Waals surface area contributed by atoms with Crippen LogP contribution in [-0.4, -0.2) is 123 Å². The molecular weight excluding hydrogens is 1070 g/mol. The molecule has 0 bridgehead atoms. The highest BCUT2D eigenvalue weighted by atomic mass is 17.2. The Balaban J connectivity index is 1.75. The van der Waals surface area contributed by atoms with E-state index in [1.165, 1.54) is 30.9 Å². The first-order valence-electron chi connectivity index (χ1n) is 28.9. The van der Waals surface area contributed by atoms with Gasteiger partial charge in [0.15, 0.2) is 23.0 Å². The molecule has 83 heavy (non-hydrogen) atoms. The monoisotopic (exact) mass is 1160 g/mol. The predicted molar refractivity (Wildman–Crippen MR) is 317 cm³/mol. The van der Waals surface area contributed by atoms with Crippen molar-refractivity contribution < 1.29 is 91.0 Å². The maximum absolute atomic E-state index is 13.5. The van der Waals surface area contributed by atoms with Crippen molar-refractivity contribution in [3.8, 4) is 34.5 Å². The Labute approximate surface area is 492 Å². The fraction of sp³-hybridized carbons (Fsp3) is 0.531. The minimum absolute atomic E-state index is 0.113. The van der Waals surface area contributed by atoms with E-state index in [4.69, 9.17) is 81.4 Å². The van der Waals surface area contributed by atoms with Crippen LogP contribution >= 0.6 is 0 Å². The van der Waals surface area contributed by atoms with Gasteiger partial charge in [-0.15, -0.1) is 19.7 Å². The maximum atomic E-state index is 13.5. The number of hydrogen-bond acceptors (Lipinski definition) is 19. The second kappa shape index (κ2) is 47.7. The van der Waals surface area contributed by atoms with E-state index in [0.29, 0.717) is 209 Å². The van der Waals surface area contributed by atoms with Crippen molar-refractivity contribution in [1.82, 2.24) is 0 Å². The lowest BCUT2D eigenvalue weighted by Gasteiger charge is -2.32. The molecule has 1 fully saturated rings. The fourth-order valence-corrected chi connectivity index (χ4v) is 7.92. The van der Waals surface area contributed by atoms with Crippen molar-refractivity contribution in [2.24, 2.45) is 5.92 Å². The Bertz CT molecular complexity index is 2190. The zero-order valence-corrected chi connectivity index (χ0v) is 49.0. The number of benzene rings is 2. The first kappa shape index (κ1) is 70.5. The second-order valence-electron chi connectivity index (χ2n) is 18.7. The summed E-state index contributed by atoms with van der Waals surface area (Å²) in [7, 11) is 0. The van der Waals surface area contributed by atoms with Crippen LogP contribution in [0.3, 0.4) is 0 Å². The Morgan fingerprint density at radius 3 is 1.14 bits per heavy atom. The van der Waals surface area contributed by atoms with Gasteiger partial charge < -0.3 is 52.1 Å². The van der Waals surface area contributed by atoms with Gasteiger partial charge in [0.05, 0.1) is 98.1 Å². The molecule has 1 unspecified atom stereocenters. The van der Waals surface area contributed by atoms with Crippen molar-refractivity contribution in [2.75, 3.05) is 99.1 Å². The van der Waals surface area contributed by atoms with E-state index >= 15 is 0 Å². The van der Waals surface area contributed by atoms with Crippen LogP contribution in [-0.2, 0) is 62.6 Å². The molecule has 3 atom stereocenters. The number of esters is 2. The molecule has 0 aromatic heterocycles. The lowest BCUT2D eigenvalue weighted by atomic mass is 9.86. The fourth-order valence-electron chi connectivity index (χ4n) is 7.92. The van der Waals surface area contributed by atoms with Crippen LogP contribution in [0.15, 0.2) is 113 Å². The second-order valence-corrected chi connectivity index (χ2v) is 18.7. The Morgan fingerprint density at radius 2 is 0.771 bits per heavy atom. The van der Waals surface area contributed by atoms with Crippen LogP contribution in [0.4, 0.5) is 0 Å². The summed E-state index contributed by atoms with van der Waals surface area (Å²) in [6.07, 6.45) is 24.2. The van der Waals surface area contributed by atoms with Crippen molar-refractivity contribution in [3.05, 3.63) is 124 Å². The van der Waals surface area contributed by atoms with Crippen molar-refractivity contribution in [1.29, 1.82) is 0 Å². The van der Waals surface area contributed by atoms with Crippen LogP contribution in [0.5, 0.6) is 34.5 Å². The summed E-state index contributed by atoms with van der Waals surface area (Å²) in [5.74, 6) is 1.49. The number of carbonyl (C=O) groups is 2. The van der Waals surface area contributed by atoms with Gasteiger partial charge in [-0.25, -0.2) is 38.9 Å². The highest BCUT2D eigenvalue weighted by molar-refractivity contribution is 5.89. The molecule has 0 aliphatic heterocycles. The summed E-state index contributed by atoms with van der Waals surface area (Å²) in [5, 5.41) is 0. The van der Waals surface area contributed by atoms with Gasteiger partial charge in [-0.05, 0) is 139 Å². The van der Waals surface area contributed by atoms with E-state index < -0.39 is 24.1 Å². The van der Waals surface area contributed by atoms with E-state index in [-0.39, 0.29) is 12.5 Å².